The number of hydrogen-bond donors (Lipinski definition) is 2. The highest BCUT2D eigenvalue weighted by Crippen LogP contribution is 2.56. The van der Waals surface area contributed by atoms with Gasteiger partial charge in [0.15, 0.2) is 0 Å². The number of ether oxygens (including phenoxy) is 1. The summed E-state index contributed by atoms with van der Waals surface area (Å²) in [6.07, 6.45) is 2.40. The Hall–Kier alpha value is -1.06. The van der Waals surface area contributed by atoms with Crippen molar-refractivity contribution in [1.29, 1.82) is 0 Å². The van der Waals surface area contributed by atoms with Gasteiger partial charge in [-0.05, 0) is 63.9 Å². The quantitative estimate of drug-likeness (QED) is 0.857. The first kappa shape index (κ1) is 14.4. The van der Waals surface area contributed by atoms with Crippen molar-refractivity contribution in [2.24, 2.45) is 11.1 Å². The highest BCUT2D eigenvalue weighted by molar-refractivity contribution is 5.52. The zero-order valence-corrected chi connectivity index (χ0v) is 12.8. The van der Waals surface area contributed by atoms with Gasteiger partial charge in [0.2, 0.25) is 0 Å². The smallest absolute Gasteiger partial charge is 0.127 e. The third kappa shape index (κ3) is 2.26. The van der Waals surface area contributed by atoms with Gasteiger partial charge in [-0.25, -0.2) is 0 Å². The molecule has 0 saturated heterocycles. The second-order valence-corrected chi connectivity index (χ2v) is 5.87. The van der Waals surface area contributed by atoms with Crippen molar-refractivity contribution < 1.29 is 4.74 Å². The first-order chi connectivity index (χ1) is 9.00. The molecule has 2 rings (SSSR count). The minimum Gasteiger partial charge on any atom is -0.496 e. The van der Waals surface area contributed by atoms with Gasteiger partial charge < -0.3 is 15.8 Å². The number of nitrogens with one attached hydrogen (secondary N) is 1. The van der Waals surface area contributed by atoms with E-state index < -0.39 is 0 Å². The SMILES string of the molecule is CNC(c1c(C)cc(C)c(C)c1OC)C1(CN)CC1. The van der Waals surface area contributed by atoms with Crippen LogP contribution in [0.3, 0.4) is 0 Å². The number of hydrogen-bond acceptors (Lipinski definition) is 3. The fraction of sp³-hybridized carbons (Fsp3) is 0.625. The third-order valence-electron chi connectivity index (χ3n) is 4.73. The summed E-state index contributed by atoms with van der Waals surface area (Å²) in [5, 5.41) is 3.47. The molecule has 106 valence electrons. The summed E-state index contributed by atoms with van der Waals surface area (Å²) in [6, 6.07) is 2.54. The molecule has 1 aliphatic carbocycles. The van der Waals surface area contributed by atoms with Crippen LogP contribution in [0.25, 0.3) is 0 Å². The summed E-state index contributed by atoms with van der Waals surface area (Å²) in [5.41, 5.74) is 11.3. The summed E-state index contributed by atoms with van der Waals surface area (Å²) in [4.78, 5) is 0. The van der Waals surface area contributed by atoms with Gasteiger partial charge in [-0.2, -0.15) is 0 Å². The van der Waals surface area contributed by atoms with Crippen molar-refractivity contribution in [2.75, 3.05) is 20.7 Å². The van der Waals surface area contributed by atoms with Gasteiger partial charge in [-0.15, -0.1) is 0 Å². The molecule has 0 aliphatic heterocycles. The highest BCUT2D eigenvalue weighted by atomic mass is 16.5. The molecule has 0 aromatic heterocycles. The molecule has 1 saturated carbocycles. The van der Waals surface area contributed by atoms with Gasteiger partial charge >= 0.3 is 0 Å². The summed E-state index contributed by atoms with van der Waals surface area (Å²) in [5.74, 6) is 1.02. The minimum absolute atomic E-state index is 0.217. The Balaban J connectivity index is 2.57. The van der Waals surface area contributed by atoms with Crippen molar-refractivity contribution in [3.05, 3.63) is 28.3 Å². The van der Waals surface area contributed by atoms with E-state index in [0.29, 0.717) is 0 Å². The fourth-order valence-electron chi connectivity index (χ4n) is 3.22. The Morgan fingerprint density at radius 1 is 1.32 bits per heavy atom. The van der Waals surface area contributed by atoms with Gasteiger partial charge in [0.05, 0.1) is 7.11 Å². The topological polar surface area (TPSA) is 47.3 Å². The van der Waals surface area contributed by atoms with Crippen molar-refractivity contribution in [3.8, 4) is 5.75 Å². The van der Waals surface area contributed by atoms with Crippen LogP contribution in [0.1, 0.15) is 41.1 Å². The monoisotopic (exact) mass is 262 g/mol. The fourth-order valence-corrected chi connectivity index (χ4v) is 3.22. The van der Waals surface area contributed by atoms with Crippen LogP contribution in [-0.2, 0) is 0 Å². The molecule has 3 nitrogen and oxygen atoms in total. The summed E-state index contributed by atoms with van der Waals surface area (Å²) in [6.45, 7) is 7.17. The molecule has 1 aromatic rings. The van der Waals surface area contributed by atoms with Crippen molar-refractivity contribution in [1.82, 2.24) is 5.32 Å². The molecule has 1 atom stereocenters. The summed E-state index contributed by atoms with van der Waals surface area (Å²) in [7, 11) is 3.79. The van der Waals surface area contributed by atoms with Crippen LogP contribution in [-0.4, -0.2) is 20.7 Å². The minimum atomic E-state index is 0.217. The first-order valence-electron chi connectivity index (χ1n) is 7.02. The Labute approximate surface area is 116 Å². The lowest BCUT2D eigenvalue weighted by Crippen LogP contribution is -2.33. The van der Waals surface area contributed by atoms with Gasteiger partial charge in [0.25, 0.3) is 0 Å². The highest BCUT2D eigenvalue weighted by Gasteiger charge is 2.49. The number of aryl methyl sites for hydroxylation is 2. The Bertz CT molecular complexity index is 478. The molecule has 3 heteroatoms. The lowest BCUT2D eigenvalue weighted by Gasteiger charge is -2.30. The number of rotatable bonds is 5. The average Bonchev–Trinajstić information content (AvgIpc) is 3.17. The van der Waals surface area contributed by atoms with Gasteiger partial charge in [-0.1, -0.05) is 6.07 Å². The predicted molar refractivity (Wildman–Crippen MR) is 79.7 cm³/mol. The summed E-state index contributed by atoms with van der Waals surface area (Å²) >= 11 is 0. The van der Waals surface area contributed by atoms with Crippen LogP contribution in [0.15, 0.2) is 6.07 Å². The number of methoxy groups -OCH3 is 1. The molecule has 0 bridgehead atoms. The van der Waals surface area contributed by atoms with E-state index in [2.05, 4.69) is 32.2 Å². The molecule has 1 aromatic carbocycles. The first-order valence-corrected chi connectivity index (χ1v) is 7.02. The molecular weight excluding hydrogens is 236 g/mol. The zero-order valence-electron chi connectivity index (χ0n) is 12.8. The molecular formula is C16H26N2O. The van der Waals surface area contributed by atoms with E-state index in [0.717, 1.165) is 12.3 Å². The van der Waals surface area contributed by atoms with E-state index in [1.165, 1.54) is 35.1 Å². The second kappa shape index (κ2) is 5.14. The molecule has 19 heavy (non-hydrogen) atoms. The van der Waals surface area contributed by atoms with E-state index in [-0.39, 0.29) is 11.5 Å². The maximum atomic E-state index is 6.01. The van der Waals surface area contributed by atoms with Gasteiger partial charge in [0, 0.05) is 17.0 Å². The van der Waals surface area contributed by atoms with Gasteiger partial charge in [0.1, 0.15) is 5.75 Å². The van der Waals surface area contributed by atoms with Crippen molar-refractivity contribution in [3.63, 3.8) is 0 Å². The van der Waals surface area contributed by atoms with E-state index in [1.807, 2.05) is 7.05 Å². The molecule has 1 fully saturated rings. The van der Waals surface area contributed by atoms with E-state index >= 15 is 0 Å². The van der Waals surface area contributed by atoms with Crippen LogP contribution in [0.5, 0.6) is 5.75 Å². The molecule has 1 unspecified atom stereocenters. The Morgan fingerprint density at radius 2 is 1.95 bits per heavy atom. The van der Waals surface area contributed by atoms with Crippen molar-refractivity contribution in [2.45, 2.75) is 39.7 Å². The summed E-state index contributed by atoms with van der Waals surface area (Å²) < 4.78 is 5.71. The molecule has 0 radical (unpaired) electrons. The Morgan fingerprint density at radius 3 is 2.37 bits per heavy atom. The molecule has 0 amide bonds. The van der Waals surface area contributed by atoms with Crippen LogP contribution in [0.2, 0.25) is 0 Å². The van der Waals surface area contributed by atoms with E-state index in [9.17, 15) is 0 Å². The average molecular weight is 262 g/mol. The maximum absolute atomic E-state index is 6.01. The molecule has 0 heterocycles. The lowest BCUT2D eigenvalue weighted by molar-refractivity contribution is 0.341. The third-order valence-corrected chi connectivity index (χ3v) is 4.73. The van der Waals surface area contributed by atoms with Gasteiger partial charge in [-0.3, -0.25) is 0 Å². The Kier molecular flexibility index (Phi) is 3.88. The predicted octanol–water partition coefficient (Wildman–Crippen LogP) is 2.62. The van der Waals surface area contributed by atoms with E-state index in [1.54, 1.807) is 7.11 Å². The zero-order chi connectivity index (χ0) is 14.2. The molecule has 1 aliphatic rings. The normalized spacial score (nSPS) is 18.2. The lowest BCUT2D eigenvalue weighted by atomic mass is 9.85. The van der Waals surface area contributed by atoms with Crippen molar-refractivity contribution >= 4 is 0 Å². The van der Waals surface area contributed by atoms with Crippen LogP contribution >= 0.6 is 0 Å². The number of benzene rings is 1. The van der Waals surface area contributed by atoms with E-state index in [4.69, 9.17) is 10.5 Å². The molecule has 0 spiro atoms. The largest absolute Gasteiger partial charge is 0.496 e. The standard InChI is InChI=1S/C16H26N2O/c1-10-8-11(2)13(14(19-5)12(10)3)15(18-4)16(9-17)6-7-16/h8,15,18H,6-7,9,17H2,1-5H3. The number of nitrogens with two attached hydrogens (primary N) is 1. The second-order valence-electron chi connectivity index (χ2n) is 5.87. The van der Waals surface area contributed by atoms with Crippen LogP contribution < -0.4 is 15.8 Å². The maximum Gasteiger partial charge on any atom is 0.127 e. The molecule has 3 N–H and O–H groups in total. The van der Waals surface area contributed by atoms with Crippen LogP contribution in [0, 0.1) is 26.2 Å². The van der Waals surface area contributed by atoms with Crippen LogP contribution in [0.4, 0.5) is 0 Å².